The van der Waals surface area contributed by atoms with Crippen LogP contribution in [0.2, 0.25) is 0 Å². The number of hydrogen-bond donors (Lipinski definition) is 1. The first-order valence-corrected chi connectivity index (χ1v) is 8.32. The number of aromatic nitrogens is 4. The maximum absolute atomic E-state index is 13.9. The number of nitrogens with one attached hydrogen (secondary N) is 1. The van der Waals surface area contributed by atoms with Crippen molar-refractivity contribution in [3.63, 3.8) is 0 Å². The van der Waals surface area contributed by atoms with Crippen LogP contribution in [0.25, 0.3) is 0 Å². The summed E-state index contributed by atoms with van der Waals surface area (Å²) in [6, 6.07) is 13.2. The third-order valence-electron chi connectivity index (χ3n) is 4.35. The maximum atomic E-state index is 13.9. The number of nitrogens with zero attached hydrogens (tertiary/aromatic N) is 4. The number of fused-ring (bicyclic) bond motifs is 1. The molecule has 28 heavy (non-hydrogen) atoms. The van der Waals surface area contributed by atoms with E-state index in [4.69, 9.17) is 4.74 Å². The van der Waals surface area contributed by atoms with Crippen molar-refractivity contribution in [1.29, 1.82) is 0 Å². The standard InChI is InChI=1S/C19H14FN5O3/c1-28-18(27)15-14(17(26)11-6-3-2-4-7-11)16(12-8-5-9-13(20)10-12)25-19(21-15)22-23-24-25/h2-10,16H,1H3,(H,21,22,24)/t16-/m1/s1. The zero-order chi connectivity index (χ0) is 19.7. The zero-order valence-corrected chi connectivity index (χ0v) is 14.7. The number of tetrazole rings is 1. The third-order valence-corrected chi connectivity index (χ3v) is 4.35. The molecule has 3 aromatic rings. The molecule has 0 saturated carbocycles. The first kappa shape index (κ1) is 17.5. The first-order valence-electron chi connectivity index (χ1n) is 8.32. The van der Waals surface area contributed by atoms with Gasteiger partial charge in [0.05, 0.1) is 12.7 Å². The normalized spacial score (nSPS) is 15.6. The van der Waals surface area contributed by atoms with Gasteiger partial charge in [-0.2, -0.15) is 4.68 Å². The Morgan fingerprint density at radius 1 is 1.14 bits per heavy atom. The highest BCUT2D eigenvalue weighted by Gasteiger charge is 2.38. The molecule has 0 radical (unpaired) electrons. The predicted molar refractivity (Wildman–Crippen MR) is 95.8 cm³/mol. The van der Waals surface area contributed by atoms with Crippen molar-refractivity contribution < 1.29 is 18.7 Å². The number of hydrogen-bond acceptors (Lipinski definition) is 7. The van der Waals surface area contributed by atoms with Crippen LogP contribution in [-0.4, -0.2) is 39.1 Å². The molecule has 8 nitrogen and oxygen atoms in total. The molecule has 9 heteroatoms. The summed E-state index contributed by atoms with van der Waals surface area (Å²) in [4.78, 5) is 25.8. The van der Waals surface area contributed by atoms with Gasteiger partial charge in [-0.1, -0.05) is 47.6 Å². The topological polar surface area (TPSA) is 99.0 Å². The lowest BCUT2D eigenvalue weighted by atomic mass is 9.89. The molecular formula is C19H14FN5O3. The number of Topliss-reactive ketones (excluding diaryl/α,β-unsaturated/α-hetero) is 1. The van der Waals surface area contributed by atoms with Crippen molar-refractivity contribution in [2.45, 2.75) is 6.04 Å². The quantitative estimate of drug-likeness (QED) is 0.548. The average Bonchev–Trinajstić information content (AvgIpc) is 3.20. The monoisotopic (exact) mass is 379 g/mol. The summed E-state index contributed by atoms with van der Waals surface area (Å²) in [5.74, 6) is -1.53. The van der Waals surface area contributed by atoms with Gasteiger partial charge in [0.15, 0.2) is 5.78 Å². The van der Waals surface area contributed by atoms with Crippen molar-refractivity contribution in [2.24, 2.45) is 0 Å². The molecule has 2 aromatic carbocycles. The summed E-state index contributed by atoms with van der Waals surface area (Å²) in [6.07, 6.45) is 0. The molecule has 0 bridgehead atoms. The molecule has 4 rings (SSSR count). The molecule has 0 unspecified atom stereocenters. The smallest absolute Gasteiger partial charge is 0.355 e. The fraction of sp³-hybridized carbons (Fsp3) is 0.105. The molecule has 1 aliphatic heterocycles. The van der Waals surface area contributed by atoms with Gasteiger partial charge in [0.1, 0.15) is 17.6 Å². The summed E-state index contributed by atoms with van der Waals surface area (Å²) < 4.78 is 20.1. The molecular weight excluding hydrogens is 365 g/mol. The highest BCUT2D eigenvalue weighted by molar-refractivity contribution is 6.14. The second-order valence-corrected chi connectivity index (χ2v) is 6.01. The minimum absolute atomic E-state index is 0.0588. The van der Waals surface area contributed by atoms with Gasteiger partial charge in [0, 0.05) is 5.56 Å². The van der Waals surface area contributed by atoms with Crippen molar-refractivity contribution >= 4 is 17.7 Å². The lowest BCUT2D eigenvalue weighted by Crippen LogP contribution is -2.33. The van der Waals surface area contributed by atoms with Gasteiger partial charge in [-0.25, -0.2) is 9.18 Å². The Balaban J connectivity index is 1.97. The van der Waals surface area contributed by atoms with Gasteiger partial charge >= 0.3 is 5.97 Å². The number of halogens is 1. The number of carbonyl (C=O) groups is 2. The average molecular weight is 379 g/mol. The molecule has 0 fully saturated rings. The van der Waals surface area contributed by atoms with E-state index < -0.39 is 23.6 Å². The number of rotatable bonds is 4. The van der Waals surface area contributed by atoms with Crippen molar-refractivity contribution in [1.82, 2.24) is 20.2 Å². The Labute approximate surface area is 158 Å². The van der Waals surface area contributed by atoms with Crippen LogP contribution in [-0.2, 0) is 9.53 Å². The van der Waals surface area contributed by atoms with Crippen LogP contribution in [0.1, 0.15) is 22.0 Å². The Bertz CT molecular complexity index is 1090. The molecule has 1 atom stereocenters. The van der Waals surface area contributed by atoms with Gasteiger partial charge in [0.2, 0.25) is 5.95 Å². The minimum atomic E-state index is -0.913. The van der Waals surface area contributed by atoms with Crippen LogP contribution in [0.15, 0.2) is 65.9 Å². The lowest BCUT2D eigenvalue weighted by molar-refractivity contribution is -0.136. The number of esters is 1. The largest absolute Gasteiger partial charge is 0.464 e. The van der Waals surface area contributed by atoms with Crippen LogP contribution < -0.4 is 5.32 Å². The van der Waals surface area contributed by atoms with Gasteiger partial charge < -0.3 is 10.1 Å². The molecule has 1 aliphatic rings. The number of anilines is 1. The summed E-state index contributed by atoms with van der Waals surface area (Å²) >= 11 is 0. The number of benzene rings is 2. The summed E-state index contributed by atoms with van der Waals surface area (Å²) in [5.41, 5.74) is 0.741. The molecule has 0 amide bonds. The number of ketones is 1. The number of ether oxygens (including phenoxy) is 1. The summed E-state index contributed by atoms with van der Waals surface area (Å²) in [7, 11) is 1.20. The Morgan fingerprint density at radius 3 is 2.64 bits per heavy atom. The van der Waals surface area contributed by atoms with Crippen molar-refractivity contribution in [3.8, 4) is 0 Å². The van der Waals surface area contributed by atoms with Crippen LogP contribution in [0.4, 0.5) is 10.3 Å². The fourth-order valence-corrected chi connectivity index (χ4v) is 3.12. The van der Waals surface area contributed by atoms with Gasteiger partial charge in [-0.15, -0.1) is 0 Å². The van der Waals surface area contributed by atoms with Crippen LogP contribution in [0, 0.1) is 5.82 Å². The lowest BCUT2D eigenvalue weighted by Gasteiger charge is -2.28. The minimum Gasteiger partial charge on any atom is -0.464 e. The molecule has 0 aliphatic carbocycles. The molecule has 1 aromatic heterocycles. The van der Waals surface area contributed by atoms with E-state index in [1.165, 1.54) is 30.0 Å². The molecule has 0 saturated heterocycles. The van der Waals surface area contributed by atoms with Gasteiger partial charge in [-0.3, -0.25) is 4.79 Å². The molecule has 140 valence electrons. The van der Waals surface area contributed by atoms with Crippen molar-refractivity contribution in [3.05, 3.63) is 82.8 Å². The summed E-state index contributed by atoms with van der Waals surface area (Å²) in [6.45, 7) is 0. The molecule has 1 N–H and O–H groups in total. The highest BCUT2D eigenvalue weighted by Crippen LogP contribution is 2.36. The fourth-order valence-electron chi connectivity index (χ4n) is 3.12. The SMILES string of the molecule is COC(=O)C1=C(C(=O)c2ccccc2)[C@@H](c2cccc(F)c2)n2nnnc2N1. The maximum Gasteiger partial charge on any atom is 0.355 e. The number of carbonyl (C=O) groups excluding carboxylic acids is 2. The van der Waals surface area contributed by atoms with E-state index in [0.29, 0.717) is 11.1 Å². The van der Waals surface area contributed by atoms with Crippen molar-refractivity contribution in [2.75, 3.05) is 12.4 Å². The van der Waals surface area contributed by atoms with E-state index in [0.717, 1.165) is 0 Å². The molecule has 2 heterocycles. The zero-order valence-electron chi connectivity index (χ0n) is 14.7. The second-order valence-electron chi connectivity index (χ2n) is 6.01. The Kier molecular flexibility index (Phi) is 4.40. The third kappa shape index (κ3) is 2.92. The van der Waals surface area contributed by atoms with Crippen LogP contribution >= 0.6 is 0 Å². The van der Waals surface area contributed by atoms with Crippen LogP contribution in [0.5, 0.6) is 0 Å². The Morgan fingerprint density at radius 2 is 1.93 bits per heavy atom. The second kappa shape index (κ2) is 7.03. The van der Waals surface area contributed by atoms with E-state index >= 15 is 0 Å². The van der Waals surface area contributed by atoms with Gasteiger partial charge in [0.25, 0.3) is 0 Å². The molecule has 0 spiro atoms. The van der Waals surface area contributed by atoms with Crippen LogP contribution in [0.3, 0.4) is 0 Å². The van der Waals surface area contributed by atoms with E-state index in [9.17, 15) is 14.0 Å². The number of allylic oxidation sites excluding steroid dienone is 1. The number of methoxy groups -OCH3 is 1. The highest BCUT2D eigenvalue weighted by atomic mass is 19.1. The van der Waals surface area contributed by atoms with E-state index in [-0.39, 0.29) is 17.2 Å². The van der Waals surface area contributed by atoms with E-state index in [2.05, 4.69) is 20.8 Å². The Hall–Kier alpha value is -3.88. The summed E-state index contributed by atoms with van der Waals surface area (Å²) in [5, 5.41) is 14.1. The van der Waals surface area contributed by atoms with Gasteiger partial charge in [-0.05, 0) is 28.1 Å². The van der Waals surface area contributed by atoms with E-state index in [1.54, 1.807) is 36.4 Å². The van der Waals surface area contributed by atoms with E-state index in [1.807, 2.05) is 0 Å². The predicted octanol–water partition coefficient (Wildman–Crippen LogP) is 2.14. The first-order chi connectivity index (χ1) is 13.6.